The number of aliphatic hydroxyl groups excluding tert-OH is 5. The molecule has 2 aliphatic heterocycles. The van der Waals surface area contributed by atoms with Crippen LogP contribution in [0.5, 0.6) is 0 Å². The van der Waals surface area contributed by atoms with E-state index in [1.54, 1.807) is 0 Å². The Labute approximate surface area is 153 Å². The van der Waals surface area contributed by atoms with Gasteiger partial charge in [-0.15, -0.1) is 0 Å². The number of aliphatic hydroxyl groups is 6. The van der Waals surface area contributed by atoms with Gasteiger partial charge in [0, 0.05) is 5.92 Å². The van der Waals surface area contributed by atoms with Crippen molar-refractivity contribution in [2.45, 2.75) is 42.6 Å². The van der Waals surface area contributed by atoms with E-state index >= 15 is 0 Å². The lowest BCUT2D eigenvalue weighted by Crippen LogP contribution is -2.61. The molecule has 2 heterocycles. The van der Waals surface area contributed by atoms with Gasteiger partial charge in [0.25, 0.3) is 0 Å². The van der Waals surface area contributed by atoms with Gasteiger partial charge in [-0.25, -0.2) is 4.79 Å². The van der Waals surface area contributed by atoms with Crippen LogP contribution in [-0.4, -0.2) is 97.5 Å². The number of hydrogen-bond donors (Lipinski definition) is 7. The van der Waals surface area contributed by atoms with E-state index < -0.39 is 73.6 Å². The molecule has 1 saturated heterocycles. The number of fused-ring (bicyclic) bond motifs is 1. The minimum Gasteiger partial charge on any atom is -0.478 e. The number of rotatable bonds is 5. The van der Waals surface area contributed by atoms with Crippen molar-refractivity contribution in [1.82, 2.24) is 0 Å². The highest BCUT2D eigenvalue weighted by Crippen LogP contribution is 2.45. The van der Waals surface area contributed by atoms with Gasteiger partial charge in [0.1, 0.15) is 30.0 Å². The Balaban J connectivity index is 1.84. The van der Waals surface area contributed by atoms with Gasteiger partial charge >= 0.3 is 5.97 Å². The van der Waals surface area contributed by atoms with Crippen molar-refractivity contribution in [3.63, 3.8) is 0 Å². The summed E-state index contributed by atoms with van der Waals surface area (Å²) in [6, 6.07) is 0. The number of ether oxygens (including phenoxy) is 3. The molecule has 0 spiro atoms. The number of carboxylic acid groups (broad SMARTS) is 1. The minimum atomic E-state index is -1.85. The maximum Gasteiger partial charge on any atom is 0.335 e. The van der Waals surface area contributed by atoms with Gasteiger partial charge in [-0.05, 0) is 0 Å². The van der Waals surface area contributed by atoms with E-state index in [1.165, 1.54) is 12.2 Å². The molecule has 0 aromatic heterocycles. The van der Waals surface area contributed by atoms with Crippen LogP contribution in [0.1, 0.15) is 0 Å². The molecule has 0 unspecified atom stereocenters. The summed E-state index contributed by atoms with van der Waals surface area (Å²) in [5.74, 6) is -3.20. The van der Waals surface area contributed by atoms with Crippen LogP contribution in [0.15, 0.2) is 24.0 Å². The topological polar surface area (TPSA) is 186 Å². The lowest BCUT2D eigenvalue weighted by molar-refractivity contribution is -0.346. The summed E-state index contributed by atoms with van der Waals surface area (Å²) in [5.41, 5.74) is -2.01. The third kappa shape index (κ3) is 3.37. The van der Waals surface area contributed by atoms with E-state index in [0.717, 1.165) is 6.26 Å². The first-order valence-electron chi connectivity index (χ1n) is 8.31. The minimum absolute atomic E-state index is 0.158. The van der Waals surface area contributed by atoms with E-state index in [2.05, 4.69) is 0 Å². The standard InChI is InChI=1S/C16H22O11/c17-3-8-10(19)11(20)12(21)15(26-8)27-14-9-6(1-2-16(9,24)5-18)7(4-25-14)13(22)23/h1-2,4,6,8-12,14-15,17-21,24H,3,5H2,(H,22,23)/t6-,8-,9-,10+,11+,12-,14+,15+,16+/m1/s1. The number of allylic oxidation sites excluding steroid dienone is 1. The maximum absolute atomic E-state index is 11.4. The van der Waals surface area contributed by atoms with Gasteiger partial charge in [-0.3, -0.25) is 0 Å². The highest BCUT2D eigenvalue weighted by molar-refractivity contribution is 5.87. The molecule has 3 rings (SSSR count). The summed E-state index contributed by atoms with van der Waals surface area (Å²) in [4.78, 5) is 11.4. The zero-order chi connectivity index (χ0) is 19.9. The fourth-order valence-electron chi connectivity index (χ4n) is 3.60. The molecule has 0 radical (unpaired) electrons. The molecule has 3 aliphatic rings. The molecular formula is C16H22O11. The van der Waals surface area contributed by atoms with Gasteiger partial charge in [0.05, 0.1) is 31.0 Å². The lowest BCUT2D eigenvalue weighted by Gasteiger charge is -2.44. The Bertz CT molecular complexity index is 632. The lowest BCUT2D eigenvalue weighted by atomic mass is 9.79. The Hall–Kier alpha value is -1.57. The summed E-state index contributed by atoms with van der Waals surface area (Å²) in [7, 11) is 0. The smallest absolute Gasteiger partial charge is 0.335 e. The Morgan fingerprint density at radius 3 is 2.44 bits per heavy atom. The van der Waals surface area contributed by atoms with Crippen LogP contribution in [-0.2, 0) is 19.0 Å². The van der Waals surface area contributed by atoms with Crippen molar-refractivity contribution in [2.75, 3.05) is 13.2 Å². The molecule has 9 atom stereocenters. The van der Waals surface area contributed by atoms with Crippen molar-refractivity contribution in [2.24, 2.45) is 11.8 Å². The molecular weight excluding hydrogens is 368 g/mol. The van der Waals surface area contributed by atoms with Gasteiger partial charge in [0.2, 0.25) is 6.29 Å². The average Bonchev–Trinajstić information content (AvgIpc) is 3.01. The molecule has 1 fully saturated rings. The van der Waals surface area contributed by atoms with Gasteiger partial charge in [0.15, 0.2) is 6.29 Å². The summed E-state index contributed by atoms with van der Waals surface area (Å²) in [6.07, 6.45) is -5.48. The fourth-order valence-corrected chi connectivity index (χ4v) is 3.60. The van der Waals surface area contributed by atoms with Crippen LogP contribution in [0, 0.1) is 11.8 Å². The number of carboxylic acids is 1. The Morgan fingerprint density at radius 1 is 1.15 bits per heavy atom. The molecule has 7 N–H and O–H groups in total. The second kappa shape index (κ2) is 7.45. The monoisotopic (exact) mass is 390 g/mol. The molecule has 0 amide bonds. The second-order valence-electron chi connectivity index (χ2n) is 6.78. The van der Waals surface area contributed by atoms with Crippen molar-refractivity contribution in [1.29, 1.82) is 0 Å². The Morgan fingerprint density at radius 2 is 1.85 bits per heavy atom. The number of carbonyl (C=O) groups is 1. The third-order valence-electron chi connectivity index (χ3n) is 5.15. The molecule has 0 aromatic rings. The third-order valence-corrected chi connectivity index (χ3v) is 5.15. The highest BCUT2D eigenvalue weighted by atomic mass is 16.8. The molecule has 152 valence electrons. The summed E-state index contributed by atoms with van der Waals surface area (Å²) in [6.45, 7) is -1.40. The van der Waals surface area contributed by atoms with E-state index in [1.807, 2.05) is 0 Å². The first kappa shape index (κ1) is 20.2. The fraction of sp³-hybridized carbons (Fsp3) is 0.688. The zero-order valence-electron chi connectivity index (χ0n) is 14.0. The summed E-state index contributed by atoms with van der Waals surface area (Å²) in [5, 5.41) is 68.4. The van der Waals surface area contributed by atoms with Crippen molar-refractivity contribution >= 4 is 5.97 Å². The normalized spacial score (nSPS) is 46.5. The van der Waals surface area contributed by atoms with E-state index in [4.69, 9.17) is 14.2 Å². The molecule has 0 bridgehead atoms. The zero-order valence-corrected chi connectivity index (χ0v) is 14.0. The molecule has 0 saturated carbocycles. The van der Waals surface area contributed by atoms with Crippen molar-refractivity contribution < 1.29 is 54.8 Å². The van der Waals surface area contributed by atoms with Crippen LogP contribution >= 0.6 is 0 Å². The van der Waals surface area contributed by atoms with E-state index in [9.17, 15) is 40.5 Å². The van der Waals surface area contributed by atoms with Crippen LogP contribution < -0.4 is 0 Å². The van der Waals surface area contributed by atoms with Crippen molar-refractivity contribution in [3.05, 3.63) is 24.0 Å². The average molecular weight is 390 g/mol. The van der Waals surface area contributed by atoms with Crippen LogP contribution in [0.4, 0.5) is 0 Å². The molecule has 11 heteroatoms. The predicted molar refractivity (Wildman–Crippen MR) is 83.6 cm³/mol. The van der Waals surface area contributed by atoms with Gasteiger partial charge in [-0.1, -0.05) is 12.2 Å². The molecule has 1 aliphatic carbocycles. The van der Waals surface area contributed by atoms with Crippen molar-refractivity contribution in [3.8, 4) is 0 Å². The molecule has 27 heavy (non-hydrogen) atoms. The molecule has 0 aromatic carbocycles. The van der Waals surface area contributed by atoms with E-state index in [-0.39, 0.29) is 5.57 Å². The van der Waals surface area contributed by atoms with Gasteiger partial charge < -0.3 is 50.0 Å². The number of hydrogen-bond acceptors (Lipinski definition) is 10. The van der Waals surface area contributed by atoms with E-state index in [0.29, 0.717) is 0 Å². The predicted octanol–water partition coefficient (Wildman–Crippen LogP) is -3.35. The summed E-state index contributed by atoms with van der Waals surface area (Å²) < 4.78 is 16.0. The first-order valence-corrected chi connectivity index (χ1v) is 8.31. The van der Waals surface area contributed by atoms with Gasteiger partial charge in [-0.2, -0.15) is 0 Å². The van der Waals surface area contributed by atoms with Crippen LogP contribution in [0.2, 0.25) is 0 Å². The highest BCUT2D eigenvalue weighted by Gasteiger charge is 2.55. The quantitative estimate of drug-likeness (QED) is 0.233. The largest absolute Gasteiger partial charge is 0.478 e. The van der Waals surface area contributed by atoms with Crippen LogP contribution in [0.3, 0.4) is 0 Å². The second-order valence-corrected chi connectivity index (χ2v) is 6.78. The van der Waals surface area contributed by atoms with Crippen LogP contribution in [0.25, 0.3) is 0 Å². The Kier molecular flexibility index (Phi) is 5.57. The molecule has 11 nitrogen and oxygen atoms in total. The maximum atomic E-state index is 11.4. The summed E-state index contributed by atoms with van der Waals surface area (Å²) >= 11 is 0. The SMILES string of the molecule is O=C(O)C1=CO[C@@H](O[C@@H]2O[C@H](CO)[C@H](O)[C@H](O)[C@H]2O)[C@H]2[C@@H]1C=C[C@]2(O)CO. The number of aliphatic carboxylic acids is 1. The first-order chi connectivity index (χ1) is 12.7.